The van der Waals surface area contributed by atoms with Gasteiger partial charge in [0, 0.05) is 11.1 Å². The number of esters is 1. The molecule has 0 aliphatic heterocycles. The first-order valence-corrected chi connectivity index (χ1v) is 20.0. The SMILES string of the molecule is COC(=O)c1ccc(-c2nc(CS(=O)(=O)c3ccc(C(F)(F)F)cc3)c(C)o2)cc1.Cc1oc(-c2ccc(C(=O)O)cc2)nc1CS(=O)(=O)c1ccc(C(F)(F)F)cc1.Cl. The standard InChI is InChI=1S/C20H16F3NO5S.C19H14F3NO5S.ClH/c1-12-17(11-30(26,27)16-9-7-15(8-10-16)20(21,22)23)24-18(29-12)13-3-5-14(6-4-13)19(25)28-2;1-11-16(23-17(28-11)12-2-4-13(5-3-12)18(24)25)10-29(26,27)15-8-6-14(7-9-15)19(20,21)22;/h3-10H,11H2,1-2H3;2-9H,10H2,1H3,(H,24,25);1H. The number of methoxy groups -OCH3 is 1. The Hall–Kier alpha value is -5.99. The number of carbonyl (C=O) groups is 2. The second-order valence-electron chi connectivity index (χ2n) is 12.6. The van der Waals surface area contributed by atoms with Gasteiger partial charge in [0.2, 0.25) is 11.8 Å². The summed E-state index contributed by atoms with van der Waals surface area (Å²) in [5, 5.41) is 8.92. The third kappa shape index (κ3) is 11.2. The summed E-state index contributed by atoms with van der Waals surface area (Å²) < 4.78 is 142. The highest BCUT2D eigenvalue weighted by molar-refractivity contribution is 7.91. The van der Waals surface area contributed by atoms with Crippen molar-refractivity contribution in [3.05, 3.63) is 142 Å². The van der Waals surface area contributed by atoms with E-state index in [9.17, 15) is 52.8 Å². The third-order valence-corrected chi connectivity index (χ3v) is 11.7. The number of hydrogen-bond donors (Lipinski definition) is 1. The Morgan fingerprint density at radius 2 is 0.933 bits per heavy atom. The van der Waals surface area contributed by atoms with Gasteiger partial charge >= 0.3 is 24.3 Å². The molecule has 0 atom stereocenters. The molecule has 0 amide bonds. The number of carboxylic acids is 1. The molecular formula is C39H31ClF6N2O10S2. The number of alkyl halides is 6. The molecule has 0 radical (unpaired) electrons. The smallest absolute Gasteiger partial charge is 0.416 e. The minimum atomic E-state index is -4.56. The molecule has 1 N–H and O–H groups in total. The molecule has 60 heavy (non-hydrogen) atoms. The highest BCUT2D eigenvalue weighted by Gasteiger charge is 2.32. The Balaban J connectivity index is 0.000000260. The summed E-state index contributed by atoms with van der Waals surface area (Å²) in [7, 11) is -6.63. The molecule has 0 aliphatic carbocycles. The van der Waals surface area contributed by atoms with Crippen LogP contribution in [0.3, 0.4) is 0 Å². The van der Waals surface area contributed by atoms with Gasteiger partial charge in [0.15, 0.2) is 19.7 Å². The summed E-state index contributed by atoms with van der Waals surface area (Å²) in [6, 6.07) is 18.3. The molecule has 0 unspecified atom stereocenters. The number of halogens is 7. The molecule has 21 heteroatoms. The van der Waals surface area contributed by atoms with E-state index in [1.807, 2.05) is 0 Å². The van der Waals surface area contributed by atoms with Crippen LogP contribution in [0.15, 0.2) is 116 Å². The first-order chi connectivity index (χ1) is 27.5. The summed E-state index contributed by atoms with van der Waals surface area (Å²) >= 11 is 0. The fourth-order valence-electron chi connectivity index (χ4n) is 5.22. The van der Waals surface area contributed by atoms with Gasteiger partial charge < -0.3 is 18.7 Å². The maximum absolute atomic E-state index is 12.7. The fraction of sp³-hybridized carbons (Fsp3) is 0.179. The number of rotatable bonds is 10. The number of benzene rings is 4. The van der Waals surface area contributed by atoms with Crippen LogP contribution >= 0.6 is 12.4 Å². The second kappa shape index (κ2) is 18.1. The van der Waals surface area contributed by atoms with Crippen molar-refractivity contribution in [2.24, 2.45) is 0 Å². The summed E-state index contributed by atoms with van der Waals surface area (Å²) in [5.41, 5.74) is -0.251. The zero-order valence-electron chi connectivity index (χ0n) is 31.2. The Morgan fingerprint density at radius 1 is 0.600 bits per heavy atom. The van der Waals surface area contributed by atoms with Gasteiger partial charge in [0.1, 0.15) is 23.0 Å². The molecule has 12 nitrogen and oxygen atoms in total. The lowest BCUT2D eigenvalue weighted by atomic mass is 10.1. The van der Waals surface area contributed by atoms with Gasteiger partial charge in [-0.05, 0) is 111 Å². The molecule has 318 valence electrons. The molecule has 6 rings (SSSR count). The molecule has 0 bridgehead atoms. The average Bonchev–Trinajstić information content (AvgIpc) is 3.74. The van der Waals surface area contributed by atoms with Crippen molar-refractivity contribution >= 4 is 44.0 Å². The van der Waals surface area contributed by atoms with Gasteiger partial charge in [-0.1, -0.05) is 0 Å². The lowest BCUT2D eigenvalue weighted by molar-refractivity contribution is -0.138. The maximum Gasteiger partial charge on any atom is 0.416 e. The summed E-state index contributed by atoms with van der Waals surface area (Å²) in [6.45, 7) is 3.05. The van der Waals surface area contributed by atoms with E-state index in [4.69, 9.17) is 13.9 Å². The summed E-state index contributed by atoms with van der Waals surface area (Å²) in [6.07, 6.45) is -9.11. The van der Waals surface area contributed by atoms with Crippen LogP contribution in [-0.2, 0) is 48.3 Å². The van der Waals surface area contributed by atoms with Gasteiger partial charge in [0.05, 0.1) is 50.5 Å². The van der Waals surface area contributed by atoms with Crippen LogP contribution in [0.4, 0.5) is 26.3 Å². The number of ether oxygens (including phenoxy) is 1. The second-order valence-corrected chi connectivity index (χ2v) is 16.5. The van der Waals surface area contributed by atoms with Crippen molar-refractivity contribution in [2.45, 2.75) is 47.5 Å². The van der Waals surface area contributed by atoms with E-state index < -0.39 is 66.6 Å². The number of carbonyl (C=O) groups excluding carboxylic acids is 1. The summed E-state index contributed by atoms with van der Waals surface area (Å²) in [5.74, 6) is -1.93. The molecule has 0 fully saturated rings. The van der Waals surface area contributed by atoms with Crippen molar-refractivity contribution in [3.8, 4) is 22.9 Å². The number of nitrogens with zero attached hydrogens (tertiary/aromatic N) is 2. The van der Waals surface area contributed by atoms with Gasteiger partial charge in [-0.2, -0.15) is 26.3 Å². The molecule has 0 saturated carbocycles. The molecule has 0 saturated heterocycles. The van der Waals surface area contributed by atoms with E-state index in [2.05, 4.69) is 14.7 Å². The Kier molecular flexibility index (Phi) is 14.1. The van der Waals surface area contributed by atoms with Gasteiger partial charge in [-0.25, -0.2) is 36.4 Å². The van der Waals surface area contributed by atoms with Crippen LogP contribution in [0.1, 0.15) is 54.8 Å². The quantitative estimate of drug-likeness (QED) is 0.102. The van der Waals surface area contributed by atoms with E-state index in [-0.39, 0.29) is 62.5 Å². The van der Waals surface area contributed by atoms with Crippen molar-refractivity contribution in [1.29, 1.82) is 0 Å². The predicted octanol–water partition coefficient (Wildman–Crippen LogP) is 9.19. The van der Waals surface area contributed by atoms with Crippen molar-refractivity contribution in [2.75, 3.05) is 7.11 Å². The van der Waals surface area contributed by atoms with Gasteiger partial charge in [0.25, 0.3) is 0 Å². The first-order valence-electron chi connectivity index (χ1n) is 16.7. The number of aromatic nitrogens is 2. The summed E-state index contributed by atoms with van der Waals surface area (Å²) in [4.78, 5) is 30.2. The van der Waals surface area contributed by atoms with E-state index in [0.29, 0.717) is 28.8 Å². The first kappa shape index (κ1) is 46.7. The fourth-order valence-corrected chi connectivity index (χ4v) is 7.91. The zero-order chi connectivity index (χ0) is 43.5. The van der Waals surface area contributed by atoms with E-state index in [0.717, 1.165) is 36.4 Å². The Bertz CT molecular complexity index is 2700. The highest BCUT2D eigenvalue weighted by atomic mass is 35.5. The largest absolute Gasteiger partial charge is 0.478 e. The minimum absolute atomic E-state index is 0. The Morgan fingerprint density at radius 3 is 1.23 bits per heavy atom. The topological polar surface area (TPSA) is 184 Å². The van der Waals surface area contributed by atoms with Crippen LogP contribution in [-0.4, -0.2) is 51.0 Å². The van der Waals surface area contributed by atoms with E-state index in [1.54, 1.807) is 12.1 Å². The highest BCUT2D eigenvalue weighted by Crippen LogP contribution is 2.32. The number of carboxylic acid groups (broad SMARTS) is 1. The molecule has 2 heterocycles. The molecular weight excluding hydrogens is 870 g/mol. The predicted molar refractivity (Wildman–Crippen MR) is 204 cm³/mol. The lowest BCUT2D eigenvalue weighted by Crippen LogP contribution is -2.08. The third-order valence-electron chi connectivity index (χ3n) is 8.45. The molecule has 2 aromatic heterocycles. The van der Waals surface area contributed by atoms with E-state index >= 15 is 0 Å². The van der Waals surface area contributed by atoms with Crippen molar-refractivity contribution in [1.82, 2.24) is 9.97 Å². The number of sulfone groups is 2. The van der Waals surface area contributed by atoms with Crippen LogP contribution < -0.4 is 0 Å². The van der Waals surface area contributed by atoms with Crippen LogP contribution in [0, 0.1) is 13.8 Å². The monoisotopic (exact) mass is 900 g/mol. The average molecular weight is 901 g/mol. The normalized spacial score (nSPS) is 11.9. The molecule has 4 aromatic carbocycles. The molecule has 0 aliphatic rings. The number of aryl methyl sites for hydroxylation is 2. The van der Waals surface area contributed by atoms with Crippen LogP contribution in [0.2, 0.25) is 0 Å². The zero-order valence-corrected chi connectivity index (χ0v) is 33.6. The minimum Gasteiger partial charge on any atom is -0.478 e. The van der Waals surface area contributed by atoms with E-state index in [1.165, 1.54) is 57.4 Å². The number of hydrogen-bond acceptors (Lipinski definition) is 11. The molecule has 0 spiro atoms. The maximum atomic E-state index is 12.7. The lowest BCUT2D eigenvalue weighted by Gasteiger charge is -2.08. The number of aromatic carboxylic acids is 1. The molecule has 6 aromatic rings. The van der Waals surface area contributed by atoms with Gasteiger partial charge in [-0.15, -0.1) is 12.4 Å². The van der Waals surface area contributed by atoms with Crippen molar-refractivity contribution in [3.63, 3.8) is 0 Å². The van der Waals surface area contributed by atoms with Crippen LogP contribution in [0.5, 0.6) is 0 Å². The van der Waals surface area contributed by atoms with Crippen LogP contribution in [0.25, 0.3) is 22.9 Å². The van der Waals surface area contributed by atoms with Crippen molar-refractivity contribution < 1.29 is 71.4 Å². The number of oxazole rings is 2. The Labute approximate surface area is 344 Å². The van der Waals surface area contributed by atoms with Gasteiger partial charge in [-0.3, -0.25) is 0 Å².